The Kier molecular flexibility index (Phi) is 5.81. The molecule has 1 atom stereocenters. The highest BCUT2D eigenvalue weighted by Crippen LogP contribution is 2.30. The number of ether oxygens (including phenoxy) is 1. The Bertz CT molecular complexity index is 632. The van der Waals surface area contributed by atoms with Crippen LogP contribution in [0.3, 0.4) is 0 Å². The van der Waals surface area contributed by atoms with Crippen molar-refractivity contribution in [2.45, 2.75) is 19.4 Å². The van der Waals surface area contributed by atoms with Gasteiger partial charge in [-0.2, -0.15) is 0 Å². The summed E-state index contributed by atoms with van der Waals surface area (Å²) in [4.78, 5) is 0. The van der Waals surface area contributed by atoms with Crippen LogP contribution in [-0.2, 0) is 6.42 Å². The first-order chi connectivity index (χ1) is 10.1. The molecular formula is C16H18Br2N2O. The highest BCUT2D eigenvalue weighted by molar-refractivity contribution is 9.10. The molecule has 0 saturated heterocycles. The van der Waals surface area contributed by atoms with Gasteiger partial charge in [0.25, 0.3) is 0 Å². The summed E-state index contributed by atoms with van der Waals surface area (Å²) < 4.78 is 7.30. The summed E-state index contributed by atoms with van der Waals surface area (Å²) in [6.45, 7) is 2.09. The van der Waals surface area contributed by atoms with Gasteiger partial charge in [-0.1, -0.05) is 34.1 Å². The van der Waals surface area contributed by atoms with Gasteiger partial charge in [0.15, 0.2) is 0 Å². The van der Waals surface area contributed by atoms with E-state index < -0.39 is 0 Å². The number of hydrazine groups is 1. The first kappa shape index (κ1) is 16.5. The van der Waals surface area contributed by atoms with Crippen LogP contribution >= 0.6 is 31.9 Å². The Labute approximate surface area is 142 Å². The molecule has 2 aromatic carbocycles. The summed E-state index contributed by atoms with van der Waals surface area (Å²) in [7, 11) is 1.66. The van der Waals surface area contributed by atoms with E-state index in [0.29, 0.717) is 0 Å². The number of rotatable bonds is 5. The average Bonchev–Trinajstić information content (AvgIpc) is 2.48. The highest BCUT2D eigenvalue weighted by atomic mass is 79.9. The van der Waals surface area contributed by atoms with Gasteiger partial charge in [0, 0.05) is 4.47 Å². The molecule has 0 saturated carbocycles. The largest absolute Gasteiger partial charge is 0.496 e. The van der Waals surface area contributed by atoms with Crippen LogP contribution in [0.5, 0.6) is 5.75 Å². The maximum Gasteiger partial charge on any atom is 0.133 e. The van der Waals surface area contributed by atoms with Crippen molar-refractivity contribution in [3.05, 3.63) is 62.0 Å². The molecule has 112 valence electrons. The normalized spacial score (nSPS) is 12.2. The molecule has 0 aromatic heterocycles. The molecule has 0 radical (unpaired) electrons. The number of nitrogens with one attached hydrogen (secondary N) is 1. The molecular weight excluding hydrogens is 396 g/mol. The van der Waals surface area contributed by atoms with Gasteiger partial charge in [-0.05, 0) is 64.2 Å². The molecule has 5 heteroatoms. The lowest BCUT2D eigenvalue weighted by molar-refractivity contribution is 0.412. The summed E-state index contributed by atoms with van der Waals surface area (Å²) in [5.41, 5.74) is 6.50. The van der Waals surface area contributed by atoms with Crippen molar-refractivity contribution < 1.29 is 4.74 Å². The number of halogens is 2. The van der Waals surface area contributed by atoms with Gasteiger partial charge in [-0.15, -0.1) is 0 Å². The van der Waals surface area contributed by atoms with Crippen LogP contribution in [0.4, 0.5) is 0 Å². The molecule has 2 aromatic rings. The molecule has 0 bridgehead atoms. The zero-order valence-electron chi connectivity index (χ0n) is 12.0. The van der Waals surface area contributed by atoms with E-state index in [0.717, 1.165) is 21.1 Å². The van der Waals surface area contributed by atoms with Crippen molar-refractivity contribution in [3.8, 4) is 5.75 Å². The van der Waals surface area contributed by atoms with Crippen molar-refractivity contribution in [2.75, 3.05) is 7.11 Å². The van der Waals surface area contributed by atoms with Crippen LogP contribution in [-0.4, -0.2) is 7.11 Å². The lowest BCUT2D eigenvalue weighted by atomic mass is 9.96. The summed E-state index contributed by atoms with van der Waals surface area (Å²) in [6.07, 6.45) is 0.802. The SMILES string of the molecule is COc1ccc(CC(NN)c2cccc(Br)c2C)cc1Br. The number of hydrogen-bond donors (Lipinski definition) is 2. The van der Waals surface area contributed by atoms with E-state index in [2.05, 4.69) is 62.4 Å². The molecule has 0 aliphatic rings. The molecule has 0 aliphatic carbocycles. The minimum absolute atomic E-state index is 0.0581. The standard InChI is InChI=1S/C16H18Br2N2O/c1-10-12(4-3-5-13(10)17)15(20-19)9-11-6-7-16(21-2)14(18)8-11/h3-8,15,20H,9,19H2,1-2H3. The van der Waals surface area contributed by atoms with E-state index in [1.807, 2.05) is 18.2 Å². The van der Waals surface area contributed by atoms with Crippen LogP contribution in [0, 0.1) is 6.92 Å². The summed E-state index contributed by atoms with van der Waals surface area (Å²) >= 11 is 7.08. The topological polar surface area (TPSA) is 47.3 Å². The third-order valence-corrected chi connectivity index (χ3v) is 5.02. The van der Waals surface area contributed by atoms with Crippen molar-refractivity contribution >= 4 is 31.9 Å². The minimum atomic E-state index is 0.0581. The predicted octanol–water partition coefficient (Wildman–Crippen LogP) is 4.28. The van der Waals surface area contributed by atoms with Gasteiger partial charge < -0.3 is 4.74 Å². The predicted molar refractivity (Wildman–Crippen MR) is 93.3 cm³/mol. The third kappa shape index (κ3) is 3.86. The molecule has 3 nitrogen and oxygen atoms in total. The molecule has 1 unspecified atom stereocenters. The van der Waals surface area contributed by atoms with Gasteiger partial charge in [0.2, 0.25) is 0 Å². The molecule has 2 rings (SSSR count). The number of hydrogen-bond acceptors (Lipinski definition) is 3. The maximum atomic E-state index is 5.76. The first-order valence-electron chi connectivity index (χ1n) is 6.60. The summed E-state index contributed by atoms with van der Waals surface area (Å²) in [6, 6.07) is 12.3. The molecule has 0 spiro atoms. The zero-order chi connectivity index (χ0) is 15.4. The zero-order valence-corrected chi connectivity index (χ0v) is 15.2. The summed E-state index contributed by atoms with van der Waals surface area (Å²) in [5.74, 6) is 6.59. The number of methoxy groups -OCH3 is 1. The first-order valence-corrected chi connectivity index (χ1v) is 8.19. The lowest BCUT2D eigenvalue weighted by Crippen LogP contribution is -2.30. The number of nitrogens with two attached hydrogens (primary N) is 1. The van der Waals surface area contributed by atoms with Crippen LogP contribution in [0.1, 0.15) is 22.7 Å². The molecule has 21 heavy (non-hydrogen) atoms. The molecule has 0 aliphatic heterocycles. The van der Waals surface area contributed by atoms with Gasteiger partial charge in [-0.25, -0.2) is 0 Å². The van der Waals surface area contributed by atoms with Crippen LogP contribution < -0.4 is 16.0 Å². The molecule has 0 fully saturated rings. The Morgan fingerprint density at radius 3 is 2.57 bits per heavy atom. The van der Waals surface area contributed by atoms with Gasteiger partial charge in [0.05, 0.1) is 17.6 Å². The molecule has 3 N–H and O–H groups in total. The Hall–Kier alpha value is -0.880. The molecule has 0 heterocycles. The van der Waals surface area contributed by atoms with Gasteiger partial charge >= 0.3 is 0 Å². The van der Waals surface area contributed by atoms with Crippen molar-refractivity contribution in [3.63, 3.8) is 0 Å². The quantitative estimate of drug-likeness (QED) is 0.568. The second-order valence-electron chi connectivity index (χ2n) is 4.85. The fourth-order valence-electron chi connectivity index (χ4n) is 2.33. The lowest BCUT2D eigenvalue weighted by Gasteiger charge is -2.20. The third-order valence-electron chi connectivity index (χ3n) is 3.54. The second kappa shape index (κ2) is 7.40. The monoisotopic (exact) mass is 412 g/mol. The Balaban J connectivity index is 2.27. The maximum absolute atomic E-state index is 5.76. The van der Waals surface area contributed by atoms with Crippen LogP contribution in [0.15, 0.2) is 45.3 Å². The minimum Gasteiger partial charge on any atom is -0.496 e. The van der Waals surface area contributed by atoms with Crippen molar-refractivity contribution in [2.24, 2.45) is 5.84 Å². The Morgan fingerprint density at radius 1 is 1.19 bits per heavy atom. The van der Waals surface area contributed by atoms with Crippen molar-refractivity contribution in [1.82, 2.24) is 5.43 Å². The van der Waals surface area contributed by atoms with E-state index in [-0.39, 0.29) is 6.04 Å². The van der Waals surface area contributed by atoms with E-state index in [9.17, 15) is 0 Å². The van der Waals surface area contributed by atoms with E-state index in [4.69, 9.17) is 10.6 Å². The molecule has 0 amide bonds. The smallest absolute Gasteiger partial charge is 0.133 e. The number of benzene rings is 2. The van der Waals surface area contributed by atoms with Gasteiger partial charge in [-0.3, -0.25) is 11.3 Å². The second-order valence-corrected chi connectivity index (χ2v) is 6.56. The fourth-order valence-corrected chi connectivity index (χ4v) is 3.30. The van der Waals surface area contributed by atoms with E-state index in [1.54, 1.807) is 7.11 Å². The van der Waals surface area contributed by atoms with Crippen LogP contribution in [0.2, 0.25) is 0 Å². The van der Waals surface area contributed by atoms with E-state index >= 15 is 0 Å². The van der Waals surface area contributed by atoms with E-state index in [1.165, 1.54) is 16.7 Å². The summed E-state index contributed by atoms with van der Waals surface area (Å²) in [5, 5.41) is 0. The highest BCUT2D eigenvalue weighted by Gasteiger charge is 2.15. The Morgan fingerprint density at radius 2 is 1.95 bits per heavy atom. The fraction of sp³-hybridized carbons (Fsp3) is 0.250. The van der Waals surface area contributed by atoms with Crippen molar-refractivity contribution in [1.29, 1.82) is 0 Å². The average molecular weight is 414 g/mol. The van der Waals surface area contributed by atoms with Crippen LogP contribution in [0.25, 0.3) is 0 Å². The van der Waals surface area contributed by atoms with Gasteiger partial charge in [0.1, 0.15) is 5.75 Å².